The van der Waals surface area contributed by atoms with E-state index in [4.69, 9.17) is 15.4 Å². The second-order valence-corrected chi connectivity index (χ2v) is 4.82. The summed E-state index contributed by atoms with van der Waals surface area (Å²) >= 11 is 5.03. The molecule has 9 heavy (non-hydrogen) atoms. The lowest BCUT2D eigenvalue weighted by atomic mass is 10.5. The summed E-state index contributed by atoms with van der Waals surface area (Å²) in [6, 6.07) is 0. The summed E-state index contributed by atoms with van der Waals surface area (Å²) < 4.78 is 5.30. The summed E-state index contributed by atoms with van der Waals surface area (Å²) in [4.78, 5) is 0. The van der Waals surface area contributed by atoms with Gasteiger partial charge in [-0.05, 0) is 17.6 Å². The van der Waals surface area contributed by atoms with Crippen molar-refractivity contribution in [1.29, 1.82) is 0 Å². The van der Waals surface area contributed by atoms with Crippen molar-refractivity contribution in [2.75, 3.05) is 6.61 Å². The van der Waals surface area contributed by atoms with Crippen LogP contribution < -0.4 is 0 Å². The standard InChI is InChI=1S/C6H14OS2/c1-4-5-7-9(8)6(2)3/h6H,4-5H2,1-3H3. The number of hydrogen-bond donors (Lipinski definition) is 0. The normalized spacial score (nSPS) is 14.2. The monoisotopic (exact) mass is 166 g/mol. The van der Waals surface area contributed by atoms with Crippen molar-refractivity contribution in [1.82, 2.24) is 0 Å². The van der Waals surface area contributed by atoms with Crippen LogP contribution in [0.2, 0.25) is 0 Å². The Morgan fingerprint density at radius 1 is 1.56 bits per heavy atom. The Labute approximate surface area is 64.6 Å². The molecule has 0 aliphatic carbocycles. The van der Waals surface area contributed by atoms with Crippen molar-refractivity contribution >= 4 is 20.9 Å². The second-order valence-electron chi connectivity index (χ2n) is 2.13. The van der Waals surface area contributed by atoms with Gasteiger partial charge in [-0.1, -0.05) is 20.8 Å². The Bertz CT molecular complexity index is 91.1. The van der Waals surface area contributed by atoms with Crippen LogP contribution in [0.15, 0.2) is 0 Å². The lowest BCUT2D eigenvalue weighted by Crippen LogP contribution is -2.08. The molecule has 0 heterocycles. The first-order valence-corrected chi connectivity index (χ1v) is 5.36. The molecule has 0 radical (unpaired) electrons. The third-order valence-electron chi connectivity index (χ3n) is 0.789. The highest BCUT2D eigenvalue weighted by Crippen LogP contribution is 1.97. The van der Waals surface area contributed by atoms with Crippen LogP contribution in [0.3, 0.4) is 0 Å². The van der Waals surface area contributed by atoms with Crippen LogP contribution in [0.4, 0.5) is 0 Å². The minimum absolute atomic E-state index is 0.238. The highest BCUT2D eigenvalue weighted by atomic mass is 32.8. The van der Waals surface area contributed by atoms with Gasteiger partial charge in [-0.15, -0.1) is 0 Å². The first-order chi connectivity index (χ1) is 4.18. The molecule has 1 nitrogen and oxygen atoms in total. The molecule has 0 aliphatic heterocycles. The largest absolute Gasteiger partial charge is 0.312 e. The zero-order valence-corrected chi connectivity index (χ0v) is 7.85. The van der Waals surface area contributed by atoms with E-state index in [1.807, 2.05) is 0 Å². The fraction of sp³-hybridized carbons (Fsp3) is 1.00. The molecular formula is C6H14OS2. The molecule has 3 heteroatoms. The molecule has 0 rings (SSSR count). The van der Waals surface area contributed by atoms with Gasteiger partial charge >= 0.3 is 0 Å². The maximum atomic E-state index is 5.30. The zero-order valence-electron chi connectivity index (χ0n) is 6.22. The van der Waals surface area contributed by atoms with Gasteiger partial charge < -0.3 is 4.18 Å². The summed E-state index contributed by atoms with van der Waals surface area (Å²) in [5.74, 6) is 0. The third-order valence-corrected chi connectivity index (χ3v) is 3.40. The fourth-order valence-electron chi connectivity index (χ4n) is 0.302. The highest BCUT2D eigenvalue weighted by molar-refractivity contribution is 8.26. The molecule has 0 aromatic carbocycles. The molecule has 0 saturated carbocycles. The van der Waals surface area contributed by atoms with E-state index in [1.54, 1.807) is 0 Å². The van der Waals surface area contributed by atoms with Gasteiger partial charge in [0, 0.05) is 15.0 Å². The van der Waals surface area contributed by atoms with Gasteiger partial charge in [0.15, 0.2) is 0 Å². The average molecular weight is 166 g/mol. The van der Waals surface area contributed by atoms with Crippen molar-refractivity contribution in [3.8, 4) is 0 Å². The van der Waals surface area contributed by atoms with Crippen LogP contribution in [0.25, 0.3) is 0 Å². The Hall–Kier alpha value is 0.530. The fourth-order valence-corrected chi connectivity index (χ4v) is 1.11. The topological polar surface area (TPSA) is 9.23 Å². The van der Waals surface area contributed by atoms with Crippen LogP contribution in [0.5, 0.6) is 0 Å². The summed E-state index contributed by atoms with van der Waals surface area (Å²) in [6.45, 7) is 7.08. The molecule has 56 valence electrons. The van der Waals surface area contributed by atoms with Crippen LogP contribution in [0, 0.1) is 0 Å². The minimum Gasteiger partial charge on any atom is -0.312 e. The third kappa shape index (κ3) is 5.00. The van der Waals surface area contributed by atoms with Crippen molar-refractivity contribution < 1.29 is 4.18 Å². The maximum Gasteiger partial charge on any atom is 0.0614 e. The quantitative estimate of drug-likeness (QED) is 0.630. The number of hydrogen-bond acceptors (Lipinski definition) is 2. The van der Waals surface area contributed by atoms with E-state index >= 15 is 0 Å². The zero-order chi connectivity index (χ0) is 7.28. The smallest absolute Gasteiger partial charge is 0.0614 e. The molecule has 0 bridgehead atoms. The highest BCUT2D eigenvalue weighted by Gasteiger charge is 1.98. The predicted octanol–water partition coefficient (Wildman–Crippen LogP) is 1.82. The van der Waals surface area contributed by atoms with Crippen LogP contribution in [-0.2, 0) is 25.1 Å². The molecule has 0 aromatic heterocycles. The summed E-state index contributed by atoms with van der Waals surface area (Å²) in [5, 5.41) is 0.492. The van der Waals surface area contributed by atoms with Crippen LogP contribution in [-0.4, -0.2) is 11.9 Å². The molecule has 0 saturated heterocycles. The van der Waals surface area contributed by atoms with Gasteiger partial charge in [0.05, 0.1) is 6.61 Å². The maximum absolute atomic E-state index is 5.30. The SMILES string of the molecule is CCCOS(=S)C(C)C. The van der Waals surface area contributed by atoms with E-state index in [-0.39, 0.29) is 9.74 Å². The predicted molar refractivity (Wildman–Crippen MR) is 46.1 cm³/mol. The average Bonchev–Trinajstić information content (AvgIpc) is 1.82. The Morgan fingerprint density at radius 2 is 2.11 bits per heavy atom. The van der Waals surface area contributed by atoms with Gasteiger partial charge in [-0.25, -0.2) is 0 Å². The van der Waals surface area contributed by atoms with Crippen molar-refractivity contribution in [2.45, 2.75) is 32.4 Å². The van der Waals surface area contributed by atoms with E-state index in [9.17, 15) is 0 Å². The lowest BCUT2D eigenvalue weighted by molar-refractivity contribution is 0.366. The van der Waals surface area contributed by atoms with Crippen molar-refractivity contribution in [3.63, 3.8) is 0 Å². The first kappa shape index (κ1) is 9.53. The van der Waals surface area contributed by atoms with E-state index in [2.05, 4.69) is 20.8 Å². The van der Waals surface area contributed by atoms with E-state index in [1.165, 1.54) is 0 Å². The summed E-state index contributed by atoms with van der Waals surface area (Å²) in [7, 11) is -0.238. The molecule has 1 unspecified atom stereocenters. The minimum atomic E-state index is -0.238. The molecule has 0 N–H and O–H groups in total. The van der Waals surface area contributed by atoms with Gasteiger partial charge in [0.25, 0.3) is 0 Å². The molecule has 0 fully saturated rings. The summed E-state index contributed by atoms with van der Waals surface area (Å²) in [6.07, 6.45) is 1.06. The van der Waals surface area contributed by atoms with Crippen LogP contribution in [0.1, 0.15) is 27.2 Å². The molecule has 0 spiro atoms. The molecular weight excluding hydrogens is 152 g/mol. The van der Waals surface area contributed by atoms with E-state index in [0.29, 0.717) is 5.25 Å². The van der Waals surface area contributed by atoms with E-state index < -0.39 is 0 Å². The first-order valence-electron chi connectivity index (χ1n) is 3.22. The van der Waals surface area contributed by atoms with Gasteiger partial charge in [0.2, 0.25) is 0 Å². The molecule has 0 aliphatic rings. The van der Waals surface area contributed by atoms with Gasteiger partial charge in [-0.2, -0.15) is 0 Å². The van der Waals surface area contributed by atoms with E-state index in [0.717, 1.165) is 13.0 Å². The molecule has 1 atom stereocenters. The summed E-state index contributed by atoms with van der Waals surface area (Å²) in [5.41, 5.74) is 0. The lowest BCUT2D eigenvalue weighted by Gasteiger charge is -2.07. The molecule has 0 amide bonds. The Morgan fingerprint density at radius 3 is 2.44 bits per heavy atom. The van der Waals surface area contributed by atoms with Gasteiger partial charge in [0.1, 0.15) is 0 Å². The molecule has 0 aromatic rings. The van der Waals surface area contributed by atoms with Crippen molar-refractivity contribution in [2.24, 2.45) is 0 Å². The Kier molecular flexibility index (Phi) is 5.64. The van der Waals surface area contributed by atoms with Crippen molar-refractivity contribution in [3.05, 3.63) is 0 Å². The van der Waals surface area contributed by atoms with Crippen LogP contribution >= 0.6 is 0 Å². The Balaban J connectivity index is 3.28. The number of rotatable bonds is 4. The second kappa shape index (κ2) is 5.33. The van der Waals surface area contributed by atoms with Gasteiger partial charge in [-0.3, -0.25) is 0 Å².